The van der Waals surface area contributed by atoms with Crippen molar-refractivity contribution in [1.29, 1.82) is 0 Å². The van der Waals surface area contributed by atoms with E-state index in [-0.39, 0.29) is 20.1 Å². The second-order valence-corrected chi connectivity index (χ2v) is 22.6. The second kappa shape index (κ2) is 18.2. The maximum Gasteiger partial charge on any atom is 0.214 e. The fourth-order valence-corrected chi connectivity index (χ4v) is 10.3. The van der Waals surface area contributed by atoms with Gasteiger partial charge in [-0.1, -0.05) is 163 Å². The van der Waals surface area contributed by atoms with Crippen LogP contribution in [0.3, 0.4) is 0 Å². The number of thiophene rings is 1. The molecule has 0 saturated carbocycles. The summed E-state index contributed by atoms with van der Waals surface area (Å²) >= 11 is 1.56. The largest absolute Gasteiger partial charge is 0.333 e. The van der Waals surface area contributed by atoms with E-state index in [1.807, 2.05) is 72.9 Å². The molecule has 313 valence electrons. The molecule has 0 unspecified atom stereocenters. The summed E-state index contributed by atoms with van der Waals surface area (Å²) < 4.78 is 18.6. The summed E-state index contributed by atoms with van der Waals surface area (Å²) in [4.78, 5) is 13.8. The smallest absolute Gasteiger partial charge is 0.214 e. The van der Waals surface area contributed by atoms with Crippen molar-refractivity contribution in [1.82, 2.24) is 19.5 Å². The Balaban J connectivity index is 0.000000258. The summed E-state index contributed by atoms with van der Waals surface area (Å²) in [5, 5.41) is 3.34. The molecule has 8 heteroatoms. The van der Waals surface area contributed by atoms with Crippen molar-refractivity contribution in [3.63, 3.8) is 0 Å². The summed E-state index contributed by atoms with van der Waals surface area (Å²) in [6, 6.07) is 68.8. The van der Waals surface area contributed by atoms with Crippen LogP contribution in [0.25, 0.3) is 92.9 Å². The van der Waals surface area contributed by atoms with Gasteiger partial charge >= 0.3 is 0 Å². The number of rotatable bonds is 7. The first kappa shape index (κ1) is 42.6. The first-order valence-electron chi connectivity index (χ1n) is 20.9. The van der Waals surface area contributed by atoms with Gasteiger partial charge in [0.1, 0.15) is 0 Å². The van der Waals surface area contributed by atoms with Gasteiger partial charge in [0, 0.05) is 59.9 Å². The molecule has 0 bridgehead atoms. The summed E-state index contributed by atoms with van der Waals surface area (Å²) in [6.07, 6.45) is 3.67. The molecule has 0 atom stereocenters. The van der Waals surface area contributed by atoms with Gasteiger partial charge in [0.2, 0.25) is 5.95 Å². The topological polar surface area (TPSA) is 43.6 Å². The molecule has 4 aromatic heterocycles. The molecular weight excluding hydrogens is 1000 g/mol. The second-order valence-electron chi connectivity index (χ2n) is 16.4. The Morgan fingerprint density at radius 3 is 1.95 bits per heavy atom. The van der Waals surface area contributed by atoms with Crippen molar-refractivity contribution in [2.75, 3.05) is 0 Å². The number of hydrogen-bond donors (Lipinski definition) is 0. The summed E-state index contributed by atoms with van der Waals surface area (Å²) in [7, 11) is -1.23. The van der Waals surface area contributed by atoms with Crippen molar-refractivity contribution in [2.24, 2.45) is 0 Å². The van der Waals surface area contributed by atoms with Crippen LogP contribution in [0, 0.1) is 18.1 Å². The molecule has 0 spiro atoms. The van der Waals surface area contributed by atoms with Gasteiger partial charge < -0.3 is 9.55 Å². The van der Waals surface area contributed by atoms with Gasteiger partial charge in [-0.15, -0.1) is 48.0 Å². The van der Waals surface area contributed by atoms with Crippen LogP contribution in [-0.2, 0) is 20.1 Å². The van der Waals surface area contributed by atoms with E-state index >= 15 is 0 Å². The molecule has 0 N–H and O–H groups in total. The van der Waals surface area contributed by atoms with Gasteiger partial charge in [-0.2, -0.15) is 15.7 Å². The molecule has 64 heavy (non-hydrogen) atoms. The third kappa shape index (κ3) is 8.41. The van der Waals surface area contributed by atoms with E-state index < -0.39 is 14.0 Å². The van der Waals surface area contributed by atoms with Crippen molar-refractivity contribution < 1.29 is 24.5 Å². The van der Waals surface area contributed by atoms with E-state index in [1.165, 1.54) is 11.3 Å². The number of benzene rings is 7. The summed E-state index contributed by atoms with van der Waals surface area (Å²) in [5.74, 6) is 0.287. The standard InChI is InChI=1S/C42H25FN3S.C14H16NSi.Ir/c43-39-25-38-34(26-44-39)40-31(28-14-6-2-7-15-28)21-22-32(41(40)47-38)42-45-35-18-10-11-19-37(35)46(42)36-23-20-30(27-12-4-1-5-13-27)24-33(36)29-16-8-3-9-17-29;1-16(2,3)13-9-10-14(15-11-13)12-7-5-4-6-8-12;/h1-21,23-26H;4-7,9-11H,1-3H3;/q2*-1;. The Morgan fingerprint density at radius 2 is 1.28 bits per heavy atom. The number of fused-ring (bicyclic) bond motifs is 4. The maximum absolute atomic E-state index is 14.5. The van der Waals surface area contributed by atoms with Gasteiger partial charge in [0.15, 0.2) is 0 Å². The minimum absolute atomic E-state index is 0. The van der Waals surface area contributed by atoms with Crippen LogP contribution in [-0.4, -0.2) is 27.6 Å². The quantitative estimate of drug-likeness (QED) is 0.0908. The summed E-state index contributed by atoms with van der Waals surface area (Å²) in [6.45, 7) is 7.00. The van der Waals surface area contributed by atoms with Crippen LogP contribution in [0.1, 0.15) is 0 Å². The third-order valence-corrected chi connectivity index (χ3v) is 14.5. The van der Waals surface area contributed by atoms with E-state index in [0.717, 1.165) is 92.9 Å². The molecule has 0 amide bonds. The Kier molecular flexibility index (Phi) is 12.1. The van der Waals surface area contributed by atoms with Crippen LogP contribution in [0.2, 0.25) is 19.6 Å². The molecule has 0 aliphatic heterocycles. The SMILES string of the molecule is C[Si](C)(C)c1ccc(-c2[c-]cccc2)nc1.Fc1cc2sc3c(-c4nc5ccccc5n4-c4ccc(-c5ccccc5)cc4-c4ccccc4)[c-]cc(-c4ccccc4)c3c2cn1.[Ir]. The number of aromatic nitrogens is 4. The minimum Gasteiger partial charge on any atom is -0.333 e. The molecule has 1 radical (unpaired) electrons. The zero-order valence-electron chi connectivity index (χ0n) is 35.4. The van der Waals surface area contributed by atoms with Crippen LogP contribution in [0.15, 0.2) is 194 Å². The van der Waals surface area contributed by atoms with Crippen molar-refractivity contribution >= 4 is 55.8 Å². The maximum atomic E-state index is 14.5. The number of pyridine rings is 2. The van der Waals surface area contributed by atoms with Gasteiger partial charge in [-0.05, 0) is 56.5 Å². The fraction of sp³-hybridized carbons (Fsp3) is 0.0536. The number of nitrogens with zero attached hydrogens (tertiary/aromatic N) is 4. The molecular formula is C56H41FIrN4SSi-2. The molecule has 4 nitrogen and oxygen atoms in total. The Hall–Kier alpha value is -6.67. The molecule has 7 aromatic carbocycles. The molecule has 0 fully saturated rings. The third-order valence-electron chi connectivity index (χ3n) is 11.3. The van der Waals surface area contributed by atoms with Crippen molar-refractivity contribution in [3.05, 3.63) is 212 Å². The Labute approximate surface area is 391 Å². The Bertz CT molecular complexity index is 3370. The van der Waals surface area contributed by atoms with Gasteiger partial charge in [0.05, 0.1) is 24.9 Å². The molecule has 11 aromatic rings. The molecule has 4 heterocycles. The van der Waals surface area contributed by atoms with E-state index in [0.29, 0.717) is 0 Å². The summed E-state index contributed by atoms with van der Waals surface area (Å²) in [5.41, 5.74) is 12.4. The van der Waals surface area contributed by atoms with Gasteiger partial charge in [-0.3, -0.25) is 4.98 Å². The van der Waals surface area contributed by atoms with E-state index in [1.54, 1.807) is 17.5 Å². The van der Waals surface area contributed by atoms with E-state index in [2.05, 4.69) is 156 Å². The van der Waals surface area contributed by atoms with Crippen molar-refractivity contribution in [3.8, 4) is 61.7 Å². The first-order chi connectivity index (χ1) is 30.8. The number of imidazole rings is 1. The van der Waals surface area contributed by atoms with E-state index in [9.17, 15) is 4.39 Å². The molecule has 0 saturated heterocycles. The normalized spacial score (nSPS) is 11.3. The zero-order valence-corrected chi connectivity index (χ0v) is 39.6. The monoisotopic (exact) mass is 1040 g/mol. The fourth-order valence-electron chi connectivity index (χ4n) is 8.08. The van der Waals surface area contributed by atoms with Gasteiger partial charge in [0.25, 0.3) is 0 Å². The van der Waals surface area contributed by atoms with Gasteiger partial charge in [-0.25, -0.2) is 4.98 Å². The predicted molar refractivity (Wildman–Crippen MR) is 264 cm³/mol. The van der Waals surface area contributed by atoms with Crippen molar-refractivity contribution in [2.45, 2.75) is 19.6 Å². The van der Waals surface area contributed by atoms with Crippen LogP contribution >= 0.6 is 11.3 Å². The number of halogens is 1. The van der Waals surface area contributed by atoms with E-state index in [4.69, 9.17) is 4.98 Å². The predicted octanol–water partition coefficient (Wildman–Crippen LogP) is 14.5. The Morgan fingerprint density at radius 1 is 0.609 bits per heavy atom. The number of hydrogen-bond acceptors (Lipinski definition) is 4. The molecule has 11 rings (SSSR count). The first-order valence-corrected chi connectivity index (χ1v) is 25.3. The van der Waals surface area contributed by atoms with Crippen LogP contribution in [0.5, 0.6) is 0 Å². The minimum atomic E-state index is -1.23. The number of para-hydroxylation sites is 2. The van der Waals surface area contributed by atoms with Crippen LogP contribution < -0.4 is 5.19 Å². The molecule has 0 aliphatic carbocycles. The van der Waals surface area contributed by atoms with Crippen LogP contribution in [0.4, 0.5) is 4.39 Å². The average Bonchev–Trinajstić information content (AvgIpc) is 3.91. The average molecular weight is 1040 g/mol. The zero-order chi connectivity index (χ0) is 42.9. The molecule has 0 aliphatic rings.